The van der Waals surface area contributed by atoms with Gasteiger partial charge in [0.2, 0.25) is 5.78 Å². The second kappa shape index (κ2) is 7.93. The zero-order valence-electron chi connectivity index (χ0n) is 13.3. The molecule has 8 heteroatoms. The zero-order chi connectivity index (χ0) is 18.0. The number of Topliss-reactive ketones (excluding diaryl/α,β-unsaturated/α-hetero) is 1. The number of carbonyl (C=O) groups excluding carboxylic acids is 1. The summed E-state index contributed by atoms with van der Waals surface area (Å²) < 4.78 is 17.9. The summed E-state index contributed by atoms with van der Waals surface area (Å²) in [5, 5.41) is 1.27. The van der Waals surface area contributed by atoms with E-state index in [1.165, 1.54) is 9.12 Å². The molecule has 1 aromatic heterocycles. The lowest BCUT2D eigenvalue weighted by atomic mass is 10.1. The third kappa shape index (κ3) is 3.93. The molecule has 0 amide bonds. The number of ketones is 1. The number of anilines is 1. The Balaban J connectivity index is 2.05. The van der Waals surface area contributed by atoms with Gasteiger partial charge in [-0.3, -0.25) is 13.7 Å². The highest BCUT2D eigenvalue weighted by Gasteiger charge is 2.24. The molecule has 1 heterocycles. The number of hydrogen-bond donors (Lipinski definition) is 1. The predicted octanol–water partition coefficient (Wildman–Crippen LogP) is 5.74. The van der Waals surface area contributed by atoms with Crippen LogP contribution in [0.4, 0.5) is 10.2 Å². The van der Waals surface area contributed by atoms with Gasteiger partial charge in [-0.15, -0.1) is 5.92 Å². The van der Waals surface area contributed by atoms with E-state index in [-0.39, 0.29) is 17.1 Å². The fourth-order valence-electron chi connectivity index (χ4n) is 2.28. The summed E-state index contributed by atoms with van der Waals surface area (Å²) in [4.78, 5) is 16.6. The number of fused-ring (bicyclic) bond motifs is 1. The van der Waals surface area contributed by atoms with Gasteiger partial charge in [0.25, 0.3) is 0 Å². The van der Waals surface area contributed by atoms with Gasteiger partial charge in [-0.1, -0.05) is 12.5 Å². The minimum absolute atomic E-state index is 0.0995. The molecule has 130 valence electrons. The molecule has 0 radical (unpaired) electrons. The van der Waals surface area contributed by atoms with E-state index >= 15 is 0 Å². The highest BCUT2D eigenvalue weighted by molar-refractivity contribution is 14.2. The summed E-state index contributed by atoms with van der Waals surface area (Å²) in [6.07, 6.45) is 2.32. The van der Waals surface area contributed by atoms with E-state index in [0.717, 1.165) is 18.4 Å². The quantitative estimate of drug-likeness (QED) is 0.177. The first-order chi connectivity index (χ1) is 12.1. The minimum Gasteiger partial charge on any atom is -0.326 e. The summed E-state index contributed by atoms with van der Waals surface area (Å²) in [7, 11) is 1.36. The first-order valence-electron chi connectivity index (χ1n) is 7.44. The normalized spacial score (nSPS) is 13.2. The summed E-state index contributed by atoms with van der Waals surface area (Å²) in [5.74, 6) is 5.22. The van der Waals surface area contributed by atoms with Crippen molar-refractivity contribution in [3.8, 4) is 17.6 Å². The number of aromatic nitrogens is 1. The van der Waals surface area contributed by atoms with Crippen molar-refractivity contribution in [1.29, 1.82) is 0 Å². The Hall–Kier alpha value is -1.31. The molecule has 0 unspecified atom stereocenters. The number of halogens is 2. The van der Waals surface area contributed by atoms with Crippen LogP contribution in [0.2, 0.25) is 0 Å². The van der Waals surface area contributed by atoms with Crippen molar-refractivity contribution < 1.29 is 14.3 Å². The molecule has 1 aliphatic rings. The van der Waals surface area contributed by atoms with E-state index in [2.05, 4.69) is 49.3 Å². The average molecular weight is 488 g/mol. The molecule has 0 atom stereocenters. The molecule has 0 spiro atoms. The minimum atomic E-state index is -0.251. The van der Waals surface area contributed by atoms with Crippen molar-refractivity contribution in [2.45, 2.75) is 25.0 Å². The highest BCUT2D eigenvalue weighted by atomic mass is 127. The van der Waals surface area contributed by atoms with Gasteiger partial charge in [0.15, 0.2) is 5.75 Å². The molecule has 0 saturated heterocycles. The Labute approximate surface area is 165 Å². The van der Waals surface area contributed by atoms with Crippen molar-refractivity contribution in [2.24, 2.45) is 0 Å². The molecule has 0 aliphatic heterocycles. The topological polar surface area (TPSA) is 43.3 Å². The van der Waals surface area contributed by atoms with E-state index in [0.29, 0.717) is 22.0 Å². The number of allylic oxidation sites excluding steroid dienone is 1. The Morgan fingerprint density at radius 1 is 1.48 bits per heavy atom. The van der Waals surface area contributed by atoms with Crippen LogP contribution in [0.25, 0.3) is 10.9 Å². The van der Waals surface area contributed by atoms with E-state index in [1.807, 2.05) is 0 Å². The van der Waals surface area contributed by atoms with Crippen LogP contribution in [0, 0.1) is 11.8 Å². The molecule has 1 fully saturated rings. The van der Waals surface area contributed by atoms with Crippen molar-refractivity contribution in [1.82, 2.24) is 3.97 Å². The molecule has 4 nitrogen and oxygen atoms in total. The largest absolute Gasteiger partial charge is 0.326 e. The zero-order valence-corrected chi connectivity index (χ0v) is 17.1. The Morgan fingerprint density at radius 3 is 2.84 bits per heavy atom. The number of benzene rings is 1. The Morgan fingerprint density at radius 2 is 2.24 bits per heavy atom. The second-order valence-corrected chi connectivity index (χ2v) is 8.27. The van der Waals surface area contributed by atoms with Gasteiger partial charge >= 0.3 is 0 Å². The van der Waals surface area contributed by atoms with Gasteiger partial charge in [0, 0.05) is 45.5 Å². The molecule has 0 bridgehead atoms. The first-order valence-corrected chi connectivity index (χ1v) is 11.6. The molecule has 25 heavy (non-hydrogen) atoms. The highest BCUT2D eigenvalue weighted by Crippen LogP contribution is 2.40. The smallest absolute Gasteiger partial charge is 0.218 e. The molecule has 1 aromatic carbocycles. The fourth-order valence-corrected chi connectivity index (χ4v) is 4.82. The van der Waals surface area contributed by atoms with Gasteiger partial charge in [-0.25, -0.2) is 0 Å². The number of nitrogens with zero attached hydrogens (tertiary/aromatic N) is 1. The van der Waals surface area contributed by atoms with Crippen molar-refractivity contribution >= 4 is 64.6 Å². The summed E-state index contributed by atoms with van der Waals surface area (Å²) in [5.41, 5.74) is 2.00. The lowest BCUT2D eigenvalue weighted by molar-refractivity contribution is -0.00504. The molecule has 1 aliphatic carbocycles. The van der Waals surface area contributed by atoms with E-state index in [1.54, 1.807) is 41.0 Å². The SMILES string of the molecule is C=C(C#CC)C(=O)c1cc2cc(OF)c(NSC3CC3)cc2n1SI. The van der Waals surface area contributed by atoms with Crippen LogP contribution in [-0.4, -0.2) is 15.0 Å². The summed E-state index contributed by atoms with van der Waals surface area (Å²) >= 11 is 3.66. The summed E-state index contributed by atoms with van der Waals surface area (Å²) in [6.45, 7) is 5.38. The standard InChI is InChI=1S/C17H14FIN2O2S2/c1-3-4-10(2)17(22)15-7-11-8-16(23-18)13(20-24-12-5-6-12)9-14(11)21(15)25-19/h7-9,12,20H,2,5-6H2,1H3. The predicted molar refractivity (Wildman–Crippen MR) is 112 cm³/mol. The number of nitrogens with one attached hydrogen (secondary N) is 1. The lowest BCUT2D eigenvalue weighted by Crippen LogP contribution is -2.05. The Kier molecular flexibility index (Phi) is 5.86. The van der Waals surface area contributed by atoms with Crippen LogP contribution in [0.5, 0.6) is 5.75 Å². The van der Waals surface area contributed by atoms with E-state index in [4.69, 9.17) is 0 Å². The van der Waals surface area contributed by atoms with Gasteiger partial charge in [-0.05, 0) is 49.9 Å². The maximum atomic E-state index is 13.0. The monoisotopic (exact) mass is 488 g/mol. The van der Waals surface area contributed by atoms with Gasteiger partial charge in [0.1, 0.15) is 5.69 Å². The third-order valence-corrected chi connectivity index (χ3v) is 6.51. The van der Waals surface area contributed by atoms with E-state index in [9.17, 15) is 9.32 Å². The second-order valence-electron chi connectivity index (χ2n) is 5.48. The fraction of sp³-hybridized carbons (Fsp3) is 0.235. The van der Waals surface area contributed by atoms with Crippen LogP contribution in [0.3, 0.4) is 0 Å². The van der Waals surface area contributed by atoms with Gasteiger partial charge in [0.05, 0.1) is 16.8 Å². The van der Waals surface area contributed by atoms with Crippen LogP contribution in [0.15, 0.2) is 30.4 Å². The molecular weight excluding hydrogens is 474 g/mol. The van der Waals surface area contributed by atoms with Crippen LogP contribution >= 0.6 is 42.3 Å². The maximum Gasteiger partial charge on any atom is 0.218 e. The van der Waals surface area contributed by atoms with Crippen molar-refractivity contribution in [2.75, 3.05) is 4.72 Å². The first kappa shape index (κ1) is 18.5. The van der Waals surface area contributed by atoms with E-state index < -0.39 is 0 Å². The van der Waals surface area contributed by atoms with Crippen LogP contribution in [-0.2, 0) is 0 Å². The third-order valence-electron chi connectivity index (χ3n) is 3.65. The molecule has 1 N–H and O–H groups in total. The van der Waals surface area contributed by atoms with Crippen LogP contribution in [0.1, 0.15) is 30.3 Å². The molecular formula is C17H14FIN2O2S2. The molecule has 2 aromatic rings. The maximum absolute atomic E-state index is 13.0. The van der Waals surface area contributed by atoms with Gasteiger partial charge in [-0.2, -0.15) is 0 Å². The number of rotatable bonds is 7. The molecule has 1 saturated carbocycles. The van der Waals surface area contributed by atoms with Crippen molar-refractivity contribution in [3.05, 3.63) is 36.0 Å². The van der Waals surface area contributed by atoms with Crippen LogP contribution < -0.4 is 9.66 Å². The lowest BCUT2D eigenvalue weighted by Gasteiger charge is -2.09. The average Bonchev–Trinajstić information content (AvgIpc) is 3.38. The number of carbonyl (C=O) groups is 1. The van der Waals surface area contributed by atoms with Gasteiger partial charge < -0.3 is 4.72 Å². The molecule has 3 rings (SSSR count). The van der Waals surface area contributed by atoms with Crippen molar-refractivity contribution in [3.63, 3.8) is 0 Å². The Bertz CT molecular complexity index is 913. The number of hydrogen-bond acceptors (Lipinski definition) is 5. The summed E-state index contributed by atoms with van der Waals surface area (Å²) in [6, 6.07) is 5.07.